The first-order chi connectivity index (χ1) is 9.82. The fourth-order valence-corrected chi connectivity index (χ4v) is 4.86. The van der Waals surface area contributed by atoms with Gasteiger partial charge in [-0.2, -0.15) is 4.31 Å². The van der Waals surface area contributed by atoms with Crippen LogP contribution in [0.5, 0.6) is 0 Å². The average Bonchev–Trinajstić information content (AvgIpc) is 2.91. The van der Waals surface area contributed by atoms with E-state index in [0.29, 0.717) is 16.7 Å². The molecule has 2 rings (SSSR count). The maximum absolute atomic E-state index is 12.8. The molecule has 2 N–H and O–H groups in total. The van der Waals surface area contributed by atoms with Gasteiger partial charge >= 0.3 is 0 Å². The van der Waals surface area contributed by atoms with Crippen LogP contribution < -0.4 is 5.73 Å². The van der Waals surface area contributed by atoms with E-state index < -0.39 is 10.0 Å². The van der Waals surface area contributed by atoms with Crippen LogP contribution >= 0.6 is 27.3 Å². The summed E-state index contributed by atoms with van der Waals surface area (Å²) in [7, 11) is -3.56. The number of hydrogen-bond acceptors (Lipinski definition) is 4. The molecule has 0 fully saturated rings. The van der Waals surface area contributed by atoms with Gasteiger partial charge in [-0.15, -0.1) is 11.3 Å². The topological polar surface area (TPSA) is 63.4 Å². The molecule has 114 valence electrons. The molecule has 2 aromatic rings. The third kappa shape index (κ3) is 3.66. The molecule has 0 amide bonds. The number of anilines is 1. The number of sulfonamides is 1. The summed E-state index contributed by atoms with van der Waals surface area (Å²) in [5, 5.41) is 1.94. The molecule has 0 atom stereocenters. The molecule has 0 spiro atoms. The Balaban J connectivity index is 2.39. The monoisotopic (exact) mass is 388 g/mol. The summed E-state index contributed by atoms with van der Waals surface area (Å²) in [5.74, 6) is 0. The largest absolute Gasteiger partial charge is 0.398 e. The van der Waals surface area contributed by atoms with Crippen LogP contribution in [-0.2, 0) is 16.6 Å². The minimum Gasteiger partial charge on any atom is -0.398 e. The van der Waals surface area contributed by atoms with Crippen LogP contribution in [0.2, 0.25) is 0 Å². The molecule has 7 heteroatoms. The molecule has 0 saturated carbocycles. The summed E-state index contributed by atoms with van der Waals surface area (Å²) in [5.41, 5.74) is 6.24. The third-order valence-electron chi connectivity index (χ3n) is 3.05. The Kier molecular flexibility index (Phi) is 5.08. The summed E-state index contributed by atoms with van der Waals surface area (Å²) < 4.78 is 27.7. The highest BCUT2D eigenvalue weighted by Gasteiger charge is 2.27. The first kappa shape index (κ1) is 16.5. The van der Waals surface area contributed by atoms with Crippen LogP contribution in [0.1, 0.15) is 18.7 Å². The van der Waals surface area contributed by atoms with E-state index in [1.54, 1.807) is 29.5 Å². The van der Waals surface area contributed by atoms with Crippen LogP contribution in [-0.4, -0.2) is 18.8 Å². The number of thiophene rings is 1. The summed E-state index contributed by atoms with van der Waals surface area (Å²) in [4.78, 5) is 1.26. The van der Waals surface area contributed by atoms with Crippen molar-refractivity contribution in [2.24, 2.45) is 0 Å². The van der Waals surface area contributed by atoms with E-state index >= 15 is 0 Å². The number of nitrogens with two attached hydrogens (primary N) is 1. The first-order valence-electron chi connectivity index (χ1n) is 6.41. The van der Waals surface area contributed by atoms with Crippen LogP contribution in [0, 0.1) is 0 Å². The summed E-state index contributed by atoms with van der Waals surface area (Å²) in [6, 6.07) is 8.42. The van der Waals surface area contributed by atoms with Gasteiger partial charge in [-0.1, -0.05) is 6.07 Å². The van der Waals surface area contributed by atoms with Gasteiger partial charge in [0.15, 0.2) is 0 Å². The third-order valence-corrected chi connectivity index (χ3v) is 6.61. The zero-order chi connectivity index (χ0) is 15.6. The van der Waals surface area contributed by atoms with Gasteiger partial charge in [-0.3, -0.25) is 0 Å². The van der Waals surface area contributed by atoms with Crippen molar-refractivity contribution in [3.63, 3.8) is 0 Å². The van der Waals surface area contributed by atoms with Crippen LogP contribution in [0.25, 0.3) is 0 Å². The van der Waals surface area contributed by atoms with Crippen molar-refractivity contribution < 1.29 is 8.42 Å². The van der Waals surface area contributed by atoms with Crippen LogP contribution in [0.4, 0.5) is 5.69 Å². The van der Waals surface area contributed by atoms with Crippen molar-refractivity contribution in [1.82, 2.24) is 4.31 Å². The molecule has 1 aromatic carbocycles. The van der Waals surface area contributed by atoms with Crippen molar-refractivity contribution in [3.8, 4) is 0 Å². The van der Waals surface area contributed by atoms with Gasteiger partial charge in [-0.05, 0) is 59.4 Å². The van der Waals surface area contributed by atoms with Crippen molar-refractivity contribution in [2.45, 2.75) is 31.3 Å². The molecule has 0 aliphatic heterocycles. The Morgan fingerprint density at radius 2 is 2.05 bits per heavy atom. The fraction of sp³-hybridized carbons (Fsp3) is 0.286. The predicted octanol–water partition coefficient (Wildman–Crippen LogP) is 3.69. The normalized spacial score (nSPS) is 12.2. The highest BCUT2D eigenvalue weighted by molar-refractivity contribution is 9.10. The van der Waals surface area contributed by atoms with Crippen molar-refractivity contribution in [2.75, 3.05) is 5.73 Å². The zero-order valence-corrected chi connectivity index (χ0v) is 15.0. The lowest BCUT2D eigenvalue weighted by Gasteiger charge is -2.25. The van der Waals surface area contributed by atoms with Gasteiger partial charge in [-0.25, -0.2) is 8.42 Å². The second-order valence-corrected chi connectivity index (χ2v) is 8.68. The first-order valence-corrected chi connectivity index (χ1v) is 9.53. The molecule has 0 saturated heterocycles. The highest BCUT2D eigenvalue weighted by atomic mass is 79.9. The molecule has 1 heterocycles. The van der Waals surface area contributed by atoms with E-state index in [1.165, 1.54) is 4.31 Å². The molecule has 0 radical (unpaired) electrons. The number of nitrogen functional groups attached to an aromatic ring is 1. The summed E-state index contributed by atoms with van der Waals surface area (Å²) in [6.45, 7) is 4.12. The Labute approximate surface area is 137 Å². The van der Waals surface area contributed by atoms with Crippen molar-refractivity contribution >= 4 is 43.0 Å². The Hall–Kier alpha value is -0.890. The molecule has 0 bridgehead atoms. The zero-order valence-electron chi connectivity index (χ0n) is 11.8. The summed E-state index contributed by atoms with van der Waals surface area (Å²) >= 11 is 4.83. The minimum absolute atomic E-state index is 0.131. The second-order valence-electron chi connectivity index (χ2n) is 4.91. The van der Waals surface area contributed by atoms with Crippen molar-refractivity contribution in [1.29, 1.82) is 0 Å². The maximum Gasteiger partial charge on any atom is 0.243 e. The Morgan fingerprint density at radius 3 is 2.57 bits per heavy atom. The minimum atomic E-state index is -3.56. The van der Waals surface area contributed by atoms with Crippen LogP contribution in [0.3, 0.4) is 0 Å². The van der Waals surface area contributed by atoms with E-state index in [4.69, 9.17) is 5.73 Å². The van der Waals surface area contributed by atoms with Gasteiger partial charge in [0, 0.05) is 27.6 Å². The second kappa shape index (κ2) is 6.48. The van der Waals surface area contributed by atoms with E-state index in [-0.39, 0.29) is 10.9 Å². The molecule has 0 aliphatic rings. The van der Waals surface area contributed by atoms with Gasteiger partial charge in [0.2, 0.25) is 10.0 Å². The number of halogens is 1. The molecule has 0 aliphatic carbocycles. The molecule has 0 unspecified atom stereocenters. The lowest BCUT2D eigenvalue weighted by atomic mass is 10.3. The lowest BCUT2D eigenvalue weighted by molar-refractivity contribution is 0.350. The molecule has 21 heavy (non-hydrogen) atoms. The predicted molar refractivity (Wildman–Crippen MR) is 90.7 cm³/mol. The summed E-state index contributed by atoms with van der Waals surface area (Å²) in [6.07, 6.45) is 0. The van der Waals surface area contributed by atoms with E-state index in [1.807, 2.05) is 31.4 Å². The van der Waals surface area contributed by atoms with Gasteiger partial charge in [0.05, 0.1) is 4.90 Å². The molecule has 4 nitrogen and oxygen atoms in total. The number of nitrogens with zero attached hydrogens (tertiary/aromatic N) is 1. The van der Waals surface area contributed by atoms with Gasteiger partial charge in [0.1, 0.15) is 0 Å². The van der Waals surface area contributed by atoms with Gasteiger partial charge in [0.25, 0.3) is 0 Å². The average molecular weight is 389 g/mol. The molecular formula is C14H17BrN2O2S2. The molecular weight excluding hydrogens is 372 g/mol. The standard InChI is InChI=1S/C14H17BrN2O2S2/c1-10(2)17(9-11-4-3-7-20-11)21(18,19)12-5-6-14(16)13(15)8-12/h3-8,10H,9,16H2,1-2H3. The fourth-order valence-electron chi connectivity index (χ4n) is 1.90. The Morgan fingerprint density at radius 1 is 1.33 bits per heavy atom. The van der Waals surface area contributed by atoms with E-state index in [0.717, 1.165) is 4.88 Å². The Bertz CT molecular complexity index is 713. The lowest BCUT2D eigenvalue weighted by Crippen LogP contribution is -2.36. The van der Waals surface area contributed by atoms with Gasteiger partial charge < -0.3 is 5.73 Å². The van der Waals surface area contributed by atoms with E-state index in [9.17, 15) is 8.42 Å². The smallest absolute Gasteiger partial charge is 0.243 e. The number of rotatable bonds is 5. The number of benzene rings is 1. The quantitative estimate of drug-likeness (QED) is 0.794. The van der Waals surface area contributed by atoms with Crippen LogP contribution in [0.15, 0.2) is 45.1 Å². The molecule has 1 aromatic heterocycles. The number of hydrogen-bond donors (Lipinski definition) is 1. The highest BCUT2D eigenvalue weighted by Crippen LogP contribution is 2.27. The van der Waals surface area contributed by atoms with Crippen molar-refractivity contribution in [3.05, 3.63) is 45.1 Å². The SMILES string of the molecule is CC(C)N(Cc1cccs1)S(=O)(=O)c1ccc(N)c(Br)c1. The maximum atomic E-state index is 12.8. The van der Waals surface area contributed by atoms with E-state index in [2.05, 4.69) is 15.9 Å².